The maximum Gasteiger partial charge on any atom is 0.234 e. The van der Waals surface area contributed by atoms with Gasteiger partial charge in [0, 0.05) is 38.9 Å². The molecule has 1 aliphatic heterocycles. The van der Waals surface area contributed by atoms with Crippen molar-refractivity contribution in [3.8, 4) is 33.4 Å². The average Bonchev–Trinajstić information content (AvgIpc) is 3.23. The molecule has 0 fully saturated rings. The molecule has 1 unspecified atom stereocenters. The zero-order chi connectivity index (χ0) is 34.9. The van der Waals surface area contributed by atoms with Gasteiger partial charge in [-0.05, 0) is 107 Å². The zero-order valence-corrected chi connectivity index (χ0v) is 29.4. The van der Waals surface area contributed by atoms with Crippen LogP contribution in [0.4, 0.5) is 28.4 Å². The molecule has 0 saturated carbocycles. The lowest BCUT2D eigenvalue weighted by Gasteiger charge is -2.40. The van der Waals surface area contributed by atoms with E-state index < -0.39 is 7.29 Å². The van der Waals surface area contributed by atoms with Crippen LogP contribution in [0.5, 0.6) is 0 Å². The summed E-state index contributed by atoms with van der Waals surface area (Å²) in [7, 11) is -3.34. The summed E-state index contributed by atoms with van der Waals surface area (Å²) < 4.78 is 18.0. The van der Waals surface area contributed by atoms with E-state index in [1.165, 1.54) is 0 Å². The topological polar surface area (TPSA) is 23.6 Å². The maximum absolute atomic E-state index is 15.9. The Morgan fingerprint density at radius 1 is 0.385 bits per heavy atom. The number of benzene rings is 8. The van der Waals surface area contributed by atoms with Crippen molar-refractivity contribution in [2.45, 2.75) is 0 Å². The number of rotatable bonds is 7. The zero-order valence-electron chi connectivity index (χ0n) is 28.5. The van der Waals surface area contributed by atoms with Gasteiger partial charge in [-0.15, -0.1) is 0 Å². The second kappa shape index (κ2) is 13.4. The molecular formula is C48H35N2OP. The molecule has 0 aromatic heterocycles. The fourth-order valence-corrected chi connectivity index (χ4v) is 10.4. The summed E-state index contributed by atoms with van der Waals surface area (Å²) in [5.74, 6) is 0. The Morgan fingerprint density at radius 3 is 1.46 bits per heavy atom. The lowest BCUT2D eigenvalue weighted by atomic mass is 9.96. The Kier molecular flexibility index (Phi) is 8.12. The van der Waals surface area contributed by atoms with Gasteiger partial charge >= 0.3 is 0 Å². The van der Waals surface area contributed by atoms with Crippen LogP contribution in [-0.4, -0.2) is 0 Å². The van der Waals surface area contributed by atoms with E-state index in [0.29, 0.717) is 0 Å². The average molecular weight is 687 g/mol. The van der Waals surface area contributed by atoms with Crippen molar-refractivity contribution in [2.75, 3.05) is 9.57 Å². The number of para-hydroxylation sites is 2. The standard InChI is InChI=1S/C48H35N2OP/c51-52(44-21-11-4-12-22-44)48-24-14-13-23-45(48)46-35-39(36-15-5-1-6-16-36)29-34-47(46)50(52)43-32-27-38(28-33-43)37-25-30-42(31-26-37)49(40-17-7-2-8-18-40)41-19-9-3-10-20-41/h1-35H. The van der Waals surface area contributed by atoms with Crippen molar-refractivity contribution in [1.29, 1.82) is 0 Å². The molecular weight excluding hydrogens is 652 g/mol. The van der Waals surface area contributed by atoms with E-state index in [0.717, 1.165) is 72.4 Å². The molecule has 1 aliphatic rings. The van der Waals surface area contributed by atoms with Gasteiger partial charge < -0.3 is 4.90 Å². The van der Waals surface area contributed by atoms with Gasteiger partial charge in [0.15, 0.2) is 0 Å². The Hall–Kier alpha value is -6.41. The number of nitrogens with zero attached hydrogens (tertiary/aromatic N) is 2. The largest absolute Gasteiger partial charge is 0.311 e. The molecule has 52 heavy (non-hydrogen) atoms. The highest BCUT2D eigenvalue weighted by atomic mass is 31.2. The number of hydrogen-bond donors (Lipinski definition) is 0. The van der Waals surface area contributed by atoms with Gasteiger partial charge in [0.2, 0.25) is 7.29 Å². The van der Waals surface area contributed by atoms with E-state index in [4.69, 9.17) is 0 Å². The SMILES string of the molecule is O=P1(c2ccccc2)c2ccccc2-c2cc(-c3ccccc3)ccc2N1c1ccc(-c2ccc(N(c3ccccc3)c3ccccc3)cc2)cc1. The van der Waals surface area contributed by atoms with Gasteiger partial charge in [-0.2, -0.15) is 0 Å². The summed E-state index contributed by atoms with van der Waals surface area (Å²) in [5, 5.41) is 1.65. The van der Waals surface area contributed by atoms with Gasteiger partial charge in [-0.25, -0.2) is 0 Å². The van der Waals surface area contributed by atoms with Crippen LogP contribution < -0.4 is 20.2 Å². The lowest BCUT2D eigenvalue weighted by molar-refractivity contribution is 0.587. The summed E-state index contributed by atoms with van der Waals surface area (Å²) in [6.45, 7) is 0. The smallest absolute Gasteiger partial charge is 0.234 e. The lowest BCUT2D eigenvalue weighted by Crippen LogP contribution is -2.33. The highest BCUT2D eigenvalue weighted by molar-refractivity contribution is 7.80. The van der Waals surface area contributed by atoms with E-state index in [2.05, 4.69) is 155 Å². The summed E-state index contributed by atoms with van der Waals surface area (Å²) in [4.78, 5) is 2.27. The van der Waals surface area contributed by atoms with Crippen LogP contribution in [0.1, 0.15) is 0 Å². The molecule has 4 heteroatoms. The molecule has 0 radical (unpaired) electrons. The quantitative estimate of drug-likeness (QED) is 0.156. The molecule has 8 aromatic carbocycles. The molecule has 0 N–H and O–H groups in total. The first kappa shape index (κ1) is 31.6. The van der Waals surface area contributed by atoms with Crippen molar-refractivity contribution in [1.82, 2.24) is 0 Å². The van der Waals surface area contributed by atoms with Crippen molar-refractivity contribution >= 4 is 46.3 Å². The molecule has 1 atom stereocenters. The normalized spacial score (nSPS) is 14.7. The summed E-state index contributed by atoms with van der Waals surface area (Å²) in [5.41, 5.74) is 11.7. The third kappa shape index (κ3) is 5.53. The molecule has 0 bridgehead atoms. The van der Waals surface area contributed by atoms with E-state index in [9.17, 15) is 0 Å². The van der Waals surface area contributed by atoms with Crippen LogP contribution in [0.2, 0.25) is 0 Å². The van der Waals surface area contributed by atoms with Crippen LogP contribution in [0.15, 0.2) is 212 Å². The summed E-state index contributed by atoms with van der Waals surface area (Å²) >= 11 is 0. The predicted octanol–water partition coefficient (Wildman–Crippen LogP) is 12.5. The molecule has 0 aliphatic carbocycles. The first-order valence-electron chi connectivity index (χ1n) is 17.5. The van der Waals surface area contributed by atoms with Gasteiger partial charge in [0.1, 0.15) is 0 Å². The first-order chi connectivity index (χ1) is 25.7. The van der Waals surface area contributed by atoms with Crippen molar-refractivity contribution in [2.24, 2.45) is 0 Å². The second-order valence-electron chi connectivity index (χ2n) is 12.9. The van der Waals surface area contributed by atoms with Gasteiger partial charge in [-0.1, -0.05) is 133 Å². The molecule has 0 amide bonds. The molecule has 248 valence electrons. The molecule has 0 spiro atoms. The van der Waals surface area contributed by atoms with Crippen LogP contribution in [0.25, 0.3) is 33.4 Å². The Balaban J connectivity index is 1.13. The minimum Gasteiger partial charge on any atom is -0.311 e. The number of fused-ring (bicyclic) bond motifs is 3. The third-order valence-electron chi connectivity index (χ3n) is 9.84. The fraction of sp³-hybridized carbons (Fsp3) is 0. The minimum absolute atomic E-state index is 0.807. The molecule has 0 saturated heterocycles. The van der Waals surface area contributed by atoms with Crippen molar-refractivity contribution in [3.05, 3.63) is 212 Å². The van der Waals surface area contributed by atoms with E-state index in [1.54, 1.807) is 0 Å². The van der Waals surface area contributed by atoms with Gasteiger partial charge in [0.05, 0.1) is 5.69 Å². The van der Waals surface area contributed by atoms with Crippen LogP contribution in [0, 0.1) is 0 Å². The minimum atomic E-state index is -3.34. The van der Waals surface area contributed by atoms with Crippen molar-refractivity contribution < 1.29 is 4.57 Å². The van der Waals surface area contributed by atoms with Gasteiger partial charge in [0.25, 0.3) is 0 Å². The monoisotopic (exact) mass is 686 g/mol. The summed E-state index contributed by atoms with van der Waals surface area (Å²) in [6, 6.07) is 73.2. The van der Waals surface area contributed by atoms with Gasteiger partial charge in [-0.3, -0.25) is 9.24 Å². The van der Waals surface area contributed by atoms with E-state index in [-0.39, 0.29) is 0 Å². The molecule has 8 aromatic rings. The highest BCUT2D eigenvalue weighted by Crippen LogP contribution is 2.61. The Morgan fingerprint density at radius 2 is 0.846 bits per heavy atom. The third-order valence-corrected chi connectivity index (χ3v) is 12.9. The van der Waals surface area contributed by atoms with E-state index >= 15 is 4.57 Å². The van der Waals surface area contributed by atoms with Crippen LogP contribution in [0.3, 0.4) is 0 Å². The second-order valence-corrected chi connectivity index (χ2v) is 15.5. The Labute approximate surface area is 305 Å². The molecule has 3 nitrogen and oxygen atoms in total. The fourth-order valence-electron chi connectivity index (χ4n) is 7.36. The maximum atomic E-state index is 15.9. The molecule has 9 rings (SSSR count). The predicted molar refractivity (Wildman–Crippen MR) is 219 cm³/mol. The summed E-state index contributed by atoms with van der Waals surface area (Å²) in [6.07, 6.45) is 0. The number of hydrogen-bond acceptors (Lipinski definition) is 2. The Bertz CT molecular complexity index is 2480. The number of anilines is 5. The first-order valence-corrected chi connectivity index (χ1v) is 19.2. The molecule has 1 heterocycles. The van der Waals surface area contributed by atoms with Crippen LogP contribution in [-0.2, 0) is 4.57 Å². The van der Waals surface area contributed by atoms with E-state index in [1.807, 2.05) is 66.7 Å². The van der Waals surface area contributed by atoms with Crippen LogP contribution >= 0.6 is 7.29 Å². The highest BCUT2D eigenvalue weighted by Gasteiger charge is 2.42. The van der Waals surface area contributed by atoms with Crippen molar-refractivity contribution in [3.63, 3.8) is 0 Å².